The molecule has 0 aliphatic rings. The topological polar surface area (TPSA) is 111 Å². The first-order chi connectivity index (χ1) is 40.0. The Morgan fingerprint density at radius 2 is 0.695 bits per heavy atom. The van der Waals surface area contributed by atoms with E-state index in [0.717, 1.165) is 57.8 Å². The summed E-state index contributed by atoms with van der Waals surface area (Å²) in [6.45, 7) is 4.07. The molecule has 0 aromatic carbocycles. The zero-order valence-electron chi connectivity index (χ0n) is 54.4. The number of rotatable bonds is 64. The number of esters is 2. The average Bonchev–Trinajstić information content (AvgIpc) is 3.46. The first kappa shape index (κ1) is 79.5. The van der Waals surface area contributed by atoms with E-state index in [9.17, 15) is 19.0 Å². The van der Waals surface area contributed by atoms with E-state index in [0.29, 0.717) is 17.4 Å². The van der Waals surface area contributed by atoms with Crippen molar-refractivity contribution in [3.8, 4) is 0 Å². The number of allylic oxidation sites excluding steroid dienone is 12. The van der Waals surface area contributed by atoms with Gasteiger partial charge in [0.1, 0.15) is 19.8 Å². The third kappa shape index (κ3) is 66.6. The number of nitrogens with zero attached hydrogens (tertiary/aromatic N) is 1. The number of ether oxygens (including phenoxy) is 2. The van der Waals surface area contributed by atoms with E-state index in [1.54, 1.807) is 0 Å². The van der Waals surface area contributed by atoms with Crippen LogP contribution in [0.1, 0.15) is 322 Å². The standard InChI is InChI=1S/C72H132NO8P/c1-6-8-10-12-14-16-18-20-22-24-26-27-28-29-30-31-32-33-34-35-36-37-38-39-40-41-42-43-44-45-47-48-50-52-54-56-58-60-62-64-71(74)78-68-70(69-80-82(76,77)79-67-66-73(3,4)5)81-72(75)65-63-61-59-57-55-53-51-49-46-25-23-21-19-17-15-13-11-9-7-2/h9,11,15,17,21,23,46,49,53,55,59,61,70H,6-8,10,12-14,16,18-20,22,24-45,47-48,50-52,54,56-58,60,62-69H2,1-5H3/b11-9-,17-15-,23-21-,49-46-,55-53-,61-59-. The highest BCUT2D eigenvalue weighted by Crippen LogP contribution is 2.38. The number of phosphoric acid groups is 1. The van der Waals surface area contributed by atoms with Crippen LogP contribution >= 0.6 is 7.82 Å². The minimum Gasteiger partial charge on any atom is -0.756 e. The van der Waals surface area contributed by atoms with Gasteiger partial charge in [-0.2, -0.15) is 0 Å². The lowest BCUT2D eigenvalue weighted by molar-refractivity contribution is -0.870. The molecule has 0 radical (unpaired) electrons. The first-order valence-corrected chi connectivity index (χ1v) is 36.1. The number of quaternary nitrogens is 1. The Morgan fingerprint density at radius 1 is 0.390 bits per heavy atom. The molecule has 0 aromatic rings. The Bertz CT molecular complexity index is 1610. The monoisotopic (exact) mass is 1170 g/mol. The number of unbranched alkanes of at least 4 members (excludes halogenated alkanes) is 38. The SMILES string of the molecule is CC/C=C\C/C=C\C/C=C\C/C=C\C/C=C\C/C=C\CCC(=O)OC(COC(=O)CCCCCCCCCCCCCCCCCCCCCCCCCCCCCCCCCCCCCCCCC)COP(=O)([O-])OCC[N+](C)(C)C. The smallest absolute Gasteiger partial charge is 0.306 e. The molecule has 0 saturated carbocycles. The molecular formula is C72H132NO8P. The molecule has 0 heterocycles. The summed E-state index contributed by atoms with van der Waals surface area (Å²) in [6.07, 6.45) is 84.7. The highest BCUT2D eigenvalue weighted by Gasteiger charge is 2.21. The average molecular weight is 1170 g/mol. The van der Waals surface area contributed by atoms with Crippen LogP contribution in [0, 0.1) is 0 Å². The maximum Gasteiger partial charge on any atom is 0.306 e. The van der Waals surface area contributed by atoms with Crippen LogP contribution in [0.5, 0.6) is 0 Å². The molecule has 0 rings (SSSR count). The Morgan fingerprint density at radius 3 is 1.01 bits per heavy atom. The van der Waals surface area contributed by atoms with Crippen molar-refractivity contribution in [1.82, 2.24) is 0 Å². The summed E-state index contributed by atoms with van der Waals surface area (Å²) in [6, 6.07) is 0. The lowest BCUT2D eigenvalue weighted by atomic mass is 10.0. The Balaban J connectivity index is 3.94. The lowest BCUT2D eigenvalue weighted by Gasteiger charge is -2.28. The fourth-order valence-electron chi connectivity index (χ4n) is 9.98. The van der Waals surface area contributed by atoms with Crippen LogP contribution < -0.4 is 4.89 Å². The quantitative estimate of drug-likeness (QED) is 0.0195. The van der Waals surface area contributed by atoms with Crippen LogP contribution in [0.2, 0.25) is 0 Å². The summed E-state index contributed by atoms with van der Waals surface area (Å²) in [5.74, 6) is -0.923. The molecule has 478 valence electrons. The summed E-state index contributed by atoms with van der Waals surface area (Å²) in [4.78, 5) is 37.9. The molecule has 9 nitrogen and oxygen atoms in total. The number of likely N-dealkylation sites (N-methyl/N-ethyl adjacent to an activating group) is 1. The summed E-state index contributed by atoms with van der Waals surface area (Å²) in [5.41, 5.74) is 0. The number of hydrogen-bond donors (Lipinski definition) is 0. The maximum absolute atomic E-state index is 12.8. The minimum atomic E-state index is -4.66. The molecule has 0 N–H and O–H groups in total. The fourth-order valence-corrected chi connectivity index (χ4v) is 10.7. The molecule has 0 saturated heterocycles. The molecule has 2 unspecified atom stereocenters. The molecule has 0 aliphatic heterocycles. The molecule has 0 aliphatic carbocycles. The van der Waals surface area contributed by atoms with Gasteiger partial charge in [0.15, 0.2) is 6.10 Å². The molecule has 10 heteroatoms. The lowest BCUT2D eigenvalue weighted by Crippen LogP contribution is -2.37. The second-order valence-electron chi connectivity index (χ2n) is 24.5. The van der Waals surface area contributed by atoms with E-state index in [2.05, 4.69) is 74.6 Å². The third-order valence-corrected chi connectivity index (χ3v) is 16.2. The number of carbonyl (C=O) groups excluding carboxylic acids is 2. The van der Waals surface area contributed by atoms with Crippen LogP contribution in [0.25, 0.3) is 0 Å². The Labute approximate surface area is 508 Å². The highest BCUT2D eigenvalue weighted by atomic mass is 31.2. The van der Waals surface area contributed by atoms with Crippen LogP contribution in [0.3, 0.4) is 0 Å². The van der Waals surface area contributed by atoms with Gasteiger partial charge in [-0.05, 0) is 51.4 Å². The van der Waals surface area contributed by atoms with Crippen molar-refractivity contribution in [2.45, 2.75) is 328 Å². The van der Waals surface area contributed by atoms with Gasteiger partial charge in [0.2, 0.25) is 0 Å². The van der Waals surface area contributed by atoms with Crippen molar-refractivity contribution in [1.29, 1.82) is 0 Å². The predicted molar refractivity (Wildman–Crippen MR) is 351 cm³/mol. The van der Waals surface area contributed by atoms with Crippen molar-refractivity contribution in [2.75, 3.05) is 47.5 Å². The van der Waals surface area contributed by atoms with E-state index in [1.807, 2.05) is 33.3 Å². The molecule has 0 aromatic heterocycles. The summed E-state index contributed by atoms with van der Waals surface area (Å²) in [5, 5.41) is 0. The van der Waals surface area contributed by atoms with Crippen LogP contribution in [0.15, 0.2) is 72.9 Å². The molecular weight excluding hydrogens is 1040 g/mol. The van der Waals surface area contributed by atoms with Crippen molar-refractivity contribution in [2.24, 2.45) is 0 Å². The van der Waals surface area contributed by atoms with Crippen LogP contribution in [-0.4, -0.2) is 70.0 Å². The molecule has 0 spiro atoms. The summed E-state index contributed by atoms with van der Waals surface area (Å²) in [7, 11) is 1.12. The van der Waals surface area contributed by atoms with Gasteiger partial charge < -0.3 is 27.9 Å². The van der Waals surface area contributed by atoms with Gasteiger partial charge in [-0.25, -0.2) is 0 Å². The second kappa shape index (κ2) is 63.0. The molecule has 0 bridgehead atoms. The van der Waals surface area contributed by atoms with E-state index in [4.69, 9.17) is 18.5 Å². The minimum absolute atomic E-state index is 0.0462. The zero-order valence-corrected chi connectivity index (χ0v) is 55.3. The third-order valence-electron chi connectivity index (χ3n) is 15.3. The first-order valence-electron chi connectivity index (χ1n) is 34.6. The zero-order chi connectivity index (χ0) is 59.8. The molecule has 82 heavy (non-hydrogen) atoms. The Hall–Kier alpha value is -2.55. The van der Waals surface area contributed by atoms with Gasteiger partial charge >= 0.3 is 11.9 Å². The van der Waals surface area contributed by atoms with Crippen molar-refractivity contribution >= 4 is 19.8 Å². The van der Waals surface area contributed by atoms with E-state index < -0.39 is 32.5 Å². The van der Waals surface area contributed by atoms with E-state index in [1.165, 1.54) is 231 Å². The number of phosphoric ester groups is 1. The van der Waals surface area contributed by atoms with Crippen molar-refractivity contribution < 1.29 is 42.1 Å². The van der Waals surface area contributed by atoms with Crippen molar-refractivity contribution in [3.05, 3.63) is 72.9 Å². The summed E-state index contributed by atoms with van der Waals surface area (Å²) < 4.78 is 34.1. The Kier molecular flexibility index (Phi) is 61.0. The van der Waals surface area contributed by atoms with Crippen LogP contribution in [0.4, 0.5) is 0 Å². The van der Waals surface area contributed by atoms with Gasteiger partial charge in [-0.1, -0.05) is 331 Å². The van der Waals surface area contributed by atoms with Crippen molar-refractivity contribution in [3.63, 3.8) is 0 Å². The van der Waals surface area contributed by atoms with E-state index >= 15 is 0 Å². The molecule has 0 fully saturated rings. The van der Waals surface area contributed by atoms with E-state index in [-0.39, 0.29) is 26.1 Å². The van der Waals surface area contributed by atoms with Gasteiger partial charge in [0.05, 0.1) is 27.7 Å². The van der Waals surface area contributed by atoms with Gasteiger partial charge in [0.25, 0.3) is 7.82 Å². The van der Waals surface area contributed by atoms with Crippen LogP contribution in [-0.2, 0) is 32.7 Å². The van der Waals surface area contributed by atoms with Gasteiger partial charge in [-0.3, -0.25) is 14.2 Å². The number of carbonyl (C=O) groups is 2. The highest BCUT2D eigenvalue weighted by molar-refractivity contribution is 7.45. The summed E-state index contributed by atoms with van der Waals surface area (Å²) >= 11 is 0. The van der Waals surface area contributed by atoms with Gasteiger partial charge in [0, 0.05) is 12.8 Å². The fraction of sp³-hybridized carbons (Fsp3) is 0.806. The predicted octanol–water partition coefficient (Wildman–Crippen LogP) is 21.8. The molecule has 2 atom stereocenters. The number of hydrogen-bond acceptors (Lipinski definition) is 8. The van der Waals surface area contributed by atoms with Gasteiger partial charge in [-0.15, -0.1) is 0 Å². The second-order valence-corrected chi connectivity index (χ2v) is 25.9. The maximum atomic E-state index is 12.8. The largest absolute Gasteiger partial charge is 0.756 e. The normalized spacial score (nSPS) is 13.6. The molecule has 0 amide bonds.